The monoisotopic (exact) mass is 250 g/mol. The third kappa shape index (κ3) is 2.45. The van der Waals surface area contributed by atoms with Gasteiger partial charge in [0, 0.05) is 28.4 Å². The maximum absolute atomic E-state index is 10.7. The first kappa shape index (κ1) is 12.0. The largest absolute Gasteiger partial charge is 0.480 e. The molecule has 0 aliphatic rings. The standard InChI is InChI=1S/C12H14N2O2S/c1-17-8-2-3-11-9(5-8)7(6-14-11)4-10(13)12(15)16/h2-3,5-6,10,14H,4,13H2,1H3,(H,15,16). The molecule has 0 saturated heterocycles. The molecule has 5 heteroatoms. The van der Waals surface area contributed by atoms with Crippen LogP contribution in [0.4, 0.5) is 0 Å². The number of thioether (sulfide) groups is 1. The smallest absolute Gasteiger partial charge is 0.320 e. The third-order valence-electron chi connectivity index (χ3n) is 2.73. The molecule has 0 aliphatic carbocycles. The lowest BCUT2D eigenvalue weighted by Crippen LogP contribution is -2.32. The van der Waals surface area contributed by atoms with Crippen molar-refractivity contribution in [3.8, 4) is 0 Å². The number of hydrogen-bond donors (Lipinski definition) is 3. The summed E-state index contributed by atoms with van der Waals surface area (Å²) in [6.45, 7) is 0. The van der Waals surface area contributed by atoms with Crippen LogP contribution in [0.3, 0.4) is 0 Å². The molecule has 0 amide bonds. The van der Waals surface area contributed by atoms with Crippen LogP contribution in [0.5, 0.6) is 0 Å². The number of carbonyl (C=O) groups is 1. The van der Waals surface area contributed by atoms with Crippen molar-refractivity contribution >= 4 is 28.6 Å². The second kappa shape index (κ2) is 4.81. The molecule has 90 valence electrons. The second-order valence-corrected chi connectivity index (χ2v) is 4.75. The molecular weight excluding hydrogens is 236 g/mol. The highest BCUT2D eigenvalue weighted by Crippen LogP contribution is 2.25. The molecular formula is C12H14N2O2S. The topological polar surface area (TPSA) is 79.1 Å². The first-order valence-electron chi connectivity index (χ1n) is 5.24. The first-order valence-corrected chi connectivity index (χ1v) is 6.46. The molecule has 0 fully saturated rings. The summed E-state index contributed by atoms with van der Waals surface area (Å²) in [5.74, 6) is -0.972. The maximum atomic E-state index is 10.7. The number of rotatable bonds is 4. The fourth-order valence-electron chi connectivity index (χ4n) is 1.78. The van der Waals surface area contributed by atoms with Gasteiger partial charge in [0.2, 0.25) is 0 Å². The van der Waals surface area contributed by atoms with Gasteiger partial charge in [-0.15, -0.1) is 11.8 Å². The fraction of sp³-hybridized carbons (Fsp3) is 0.250. The Hall–Kier alpha value is -1.46. The molecule has 1 aromatic heterocycles. The van der Waals surface area contributed by atoms with E-state index in [4.69, 9.17) is 10.8 Å². The zero-order chi connectivity index (χ0) is 12.4. The number of fused-ring (bicyclic) bond motifs is 1. The number of aliphatic carboxylic acids is 1. The van der Waals surface area contributed by atoms with Gasteiger partial charge in [0.15, 0.2) is 0 Å². The Labute approximate surface area is 103 Å². The molecule has 1 heterocycles. The summed E-state index contributed by atoms with van der Waals surface area (Å²) in [6, 6.07) is 5.23. The van der Waals surface area contributed by atoms with Crippen molar-refractivity contribution in [2.45, 2.75) is 17.4 Å². The van der Waals surface area contributed by atoms with Crippen LogP contribution >= 0.6 is 11.8 Å². The minimum absolute atomic E-state index is 0.340. The van der Waals surface area contributed by atoms with Gasteiger partial charge >= 0.3 is 5.97 Å². The predicted molar refractivity (Wildman–Crippen MR) is 69.4 cm³/mol. The number of aromatic amines is 1. The van der Waals surface area contributed by atoms with Crippen LogP contribution in [0.25, 0.3) is 10.9 Å². The SMILES string of the molecule is CSc1ccc2[nH]cc(CC(N)C(=O)O)c2c1. The molecule has 17 heavy (non-hydrogen) atoms. The average molecular weight is 250 g/mol. The molecule has 0 aliphatic heterocycles. The van der Waals surface area contributed by atoms with Crippen LogP contribution in [0.2, 0.25) is 0 Å². The van der Waals surface area contributed by atoms with Gasteiger partial charge in [-0.05, 0) is 30.0 Å². The zero-order valence-electron chi connectivity index (χ0n) is 9.43. The number of aromatic nitrogens is 1. The van der Waals surface area contributed by atoms with Crippen molar-refractivity contribution in [1.82, 2.24) is 4.98 Å². The van der Waals surface area contributed by atoms with Crippen molar-refractivity contribution in [2.75, 3.05) is 6.26 Å². The molecule has 2 rings (SSSR count). The Bertz CT molecular complexity index is 550. The van der Waals surface area contributed by atoms with Crippen LogP contribution in [-0.2, 0) is 11.2 Å². The lowest BCUT2D eigenvalue weighted by molar-refractivity contribution is -0.138. The molecule has 4 nitrogen and oxygen atoms in total. The van der Waals surface area contributed by atoms with E-state index in [2.05, 4.69) is 11.1 Å². The highest BCUT2D eigenvalue weighted by Gasteiger charge is 2.14. The Kier molecular flexibility index (Phi) is 3.40. The van der Waals surface area contributed by atoms with Crippen molar-refractivity contribution < 1.29 is 9.90 Å². The van der Waals surface area contributed by atoms with E-state index < -0.39 is 12.0 Å². The minimum atomic E-state index is -0.972. The van der Waals surface area contributed by atoms with Crippen LogP contribution in [0, 0.1) is 0 Å². The molecule has 0 spiro atoms. The van der Waals surface area contributed by atoms with E-state index >= 15 is 0 Å². The Morgan fingerprint density at radius 2 is 2.35 bits per heavy atom. The lowest BCUT2D eigenvalue weighted by Gasteiger charge is -2.05. The molecule has 4 N–H and O–H groups in total. The number of carboxylic acids is 1. The van der Waals surface area contributed by atoms with E-state index in [0.29, 0.717) is 6.42 Å². The minimum Gasteiger partial charge on any atom is -0.480 e. The molecule has 2 aromatic rings. The van der Waals surface area contributed by atoms with E-state index in [0.717, 1.165) is 21.4 Å². The number of carboxylic acid groups (broad SMARTS) is 1. The predicted octanol–water partition coefficient (Wildman–Crippen LogP) is 1.84. The fourth-order valence-corrected chi connectivity index (χ4v) is 2.22. The number of nitrogens with two attached hydrogens (primary N) is 1. The highest BCUT2D eigenvalue weighted by molar-refractivity contribution is 7.98. The summed E-state index contributed by atoms with van der Waals surface area (Å²) in [5, 5.41) is 9.86. The second-order valence-electron chi connectivity index (χ2n) is 3.87. The van der Waals surface area contributed by atoms with E-state index in [-0.39, 0.29) is 0 Å². The van der Waals surface area contributed by atoms with Crippen LogP contribution < -0.4 is 5.73 Å². The molecule has 1 unspecified atom stereocenters. The summed E-state index contributed by atoms with van der Waals surface area (Å²) in [6.07, 6.45) is 4.18. The summed E-state index contributed by atoms with van der Waals surface area (Å²) in [5.41, 5.74) is 7.51. The number of H-pyrrole nitrogens is 1. The molecule has 0 saturated carbocycles. The van der Waals surface area contributed by atoms with E-state index in [1.807, 2.05) is 24.6 Å². The molecule has 1 atom stereocenters. The van der Waals surface area contributed by atoms with Crippen molar-refractivity contribution in [3.63, 3.8) is 0 Å². The quantitative estimate of drug-likeness (QED) is 0.723. The van der Waals surface area contributed by atoms with Crippen molar-refractivity contribution in [2.24, 2.45) is 5.73 Å². The van der Waals surface area contributed by atoms with Gasteiger partial charge in [-0.25, -0.2) is 0 Å². The lowest BCUT2D eigenvalue weighted by atomic mass is 10.1. The number of nitrogens with one attached hydrogen (secondary N) is 1. The van der Waals surface area contributed by atoms with E-state index in [1.54, 1.807) is 11.8 Å². The van der Waals surface area contributed by atoms with Crippen molar-refractivity contribution in [3.05, 3.63) is 30.0 Å². The Morgan fingerprint density at radius 3 is 3.00 bits per heavy atom. The summed E-state index contributed by atoms with van der Waals surface area (Å²) in [4.78, 5) is 15.0. The zero-order valence-corrected chi connectivity index (χ0v) is 10.3. The van der Waals surface area contributed by atoms with Gasteiger partial charge in [-0.2, -0.15) is 0 Å². The number of benzene rings is 1. The van der Waals surface area contributed by atoms with Gasteiger partial charge in [0.05, 0.1) is 0 Å². The van der Waals surface area contributed by atoms with Gasteiger partial charge in [0.1, 0.15) is 6.04 Å². The van der Waals surface area contributed by atoms with E-state index in [9.17, 15) is 4.79 Å². The van der Waals surface area contributed by atoms with E-state index in [1.165, 1.54) is 0 Å². The third-order valence-corrected chi connectivity index (χ3v) is 3.46. The van der Waals surface area contributed by atoms with Gasteiger partial charge in [0.25, 0.3) is 0 Å². The van der Waals surface area contributed by atoms with Crippen LogP contribution in [0.15, 0.2) is 29.3 Å². The van der Waals surface area contributed by atoms with Crippen LogP contribution in [-0.4, -0.2) is 28.4 Å². The summed E-state index contributed by atoms with van der Waals surface area (Å²) in [7, 11) is 0. The Morgan fingerprint density at radius 1 is 1.59 bits per heavy atom. The molecule has 0 bridgehead atoms. The Balaban J connectivity index is 2.37. The van der Waals surface area contributed by atoms with Gasteiger partial charge in [-0.3, -0.25) is 4.79 Å². The maximum Gasteiger partial charge on any atom is 0.320 e. The normalized spacial score (nSPS) is 12.8. The summed E-state index contributed by atoms with van der Waals surface area (Å²) < 4.78 is 0. The van der Waals surface area contributed by atoms with Crippen LogP contribution in [0.1, 0.15) is 5.56 Å². The van der Waals surface area contributed by atoms with Gasteiger partial charge < -0.3 is 15.8 Å². The van der Waals surface area contributed by atoms with Gasteiger partial charge in [-0.1, -0.05) is 0 Å². The molecule has 0 radical (unpaired) electrons. The number of hydrogen-bond acceptors (Lipinski definition) is 3. The van der Waals surface area contributed by atoms with Crippen molar-refractivity contribution in [1.29, 1.82) is 0 Å². The first-order chi connectivity index (χ1) is 8.11. The highest BCUT2D eigenvalue weighted by atomic mass is 32.2. The molecule has 1 aromatic carbocycles. The average Bonchev–Trinajstić information content (AvgIpc) is 2.71. The summed E-state index contributed by atoms with van der Waals surface area (Å²) >= 11 is 1.66.